The highest BCUT2D eigenvalue weighted by molar-refractivity contribution is 14.0. The van der Waals surface area contributed by atoms with Crippen molar-refractivity contribution in [3.8, 4) is 0 Å². The number of thiophene rings is 1. The van der Waals surface area contributed by atoms with Crippen LogP contribution in [-0.2, 0) is 13.0 Å². The van der Waals surface area contributed by atoms with Crippen molar-refractivity contribution in [1.82, 2.24) is 20.9 Å². The van der Waals surface area contributed by atoms with Gasteiger partial charge in [0.1, 0.15) is 0 Å². The van der Waals surface area contributed by atoms with E-state index in [1.165, 1.54) is 4.88 Å². The summed E-state index contributed by atoms with van der Waals surface area (Å²) in [5, 5.41) is 11.8. The fourth-order valence-corrected chi connectivity index (χ4v) is 3.80. The lowest BCUT2D eigenvalue weighted by Gasteiger charge is -2.15. The lowest BCUT2D eigenvalue weighted by atomic mass is 10.1. The van der Waals surface area contributed by atoms with Crippen molar-refractivity contribution in [3.05, 3.63) is 57.8 Å². The zero-order valence-electron chi connectivity index (χ0n) is 19.0. The van der Waals surface area contributed by atoms with Gasteiger partial charge in [-0.2, -0.15) is 0 Å². The first-order valence-corrected chi connectivity index (χ1v) is 11.4. The Balaban J connectivity index is 0.00000480. The van der Waals surface area contributed by atoms with Crippen LogP contribution < -0.4 is 16.0 Å². The number of nitrogens with one attached hydrogen (secondary N) is 3. The van der Waals surface area contributed by atoms with Gasteiger partial charge in [0.2, 0.25) is 0 Å². The molecule has 0 saturated heterocycles. The number of halogens is 1. The molecule has 0 bridgehead atoms. The van der Waals surface area contributed by atoms with Crippen molar-refractivity contribution in [2.45, 2.75) is 26.8 Å². The van der Waals surface area contributed by atoms with Crippen LogP contribution in [0.3, 0.4) is 0 Å². The van der Waals surface area contributed by atoms with E-state index in [0.717, 1.165) is 37.6 Å². The molecule has 1 aromatic heterocycles. The number of carbonyl (C=O) groups excluding carboxylic acids is 1. The van der Waals surface area contributed by atoms with Crippen LogP contribution in [0.1, 0.15) is 34.6 Å². The summed E-state index contributed by atoms with van der Waals surface area (Å²) in [5.41, 5.74) is 1.68. The summed E-state index contributed by atoms with van der Waals surface area (Å²) in [4.78, 5) is 20.5. The van der Waals surface area contributed by atoms with Crippen molar-refractivity contribution in [2.24, 2.45) is 10.9 Å². The molecule has 8 heteroatoms. The molecule has 0 aliphatic rings. The third-order valence-electron chi connectivity index (χ3n) is 4.55. The van der Waals surface area contributed by atoms with Gasteiger partial charge >= 0.3 is 0 Å². The van der Waals surface area contributed by atoms with Crippen molar-refractivity contribution >= 4 is 47.2 Å². The second-order valence-corrected chi connectivity index (χ2v) is 8.76. The van der Waals surface area contributed by atoms with Gasteiger partial charge in [0, 0.05) is 36.6 Å². The molecule has 2 aromatic rings. The van der Waals surface area contributed by atoms with Crippen molar-refractivity contribution in [2.75, 3.05) is 40.3 Å². The first-order chi connectivity index (χ1) is 14.5. The Kier molecular flexibility index (Phi) is 13.4. The van der Waals surface area contributed by atoms with E-state index in [-0.39, 0.29) is 29.9 Å². The van der Waals surface area contributed by atoms with Gasteiger partial charge in [0.15, 0.2) is 5.96 Å². The molecular formula is C23H36IN5OS. The number of carbonyl (C=O) groups is 1. The van der Waals surface area contributed by atoms with Gasteiger partial charge in [-0.1, -0.05) is 25.1 Å². The zero-order chi connectivity index (χ0) is 21.8. The summed E-state index contributed by atoms with van der Waals surface area (Å²) in [5.74, 6) is 1.27. The Bertz CT molecular complexity index is 795. The maximum atomic E-state index is 12.3. The van der Waals surface area contributed by atoms with E-state index in [4.69, 9.17) is 4.99 Å². The third kappa shape index (κ3) is 11.0. The molecule has 0 aliphatic heterocycles. The van der Waals surface area contributed by atoms with Crippen LogP contribution in [0.15, 0.2) is 46.8 Å². The van der Waals surface area contributed by atoms with Crippen LogP contribution in [0.4, 0.5) is 0 Å². The molecule has 3 N–H and O–H groups in total. The average molecular weight is 558 g/mol. The maximum Gasteiger partial charge on any atom is 0.251 e. The summed E-state index contributed by atoms with van der Waals surface area (Å²) in [7, 11) is 3.98. The van der Waals surface area contributed by atoms with E-state index in [0.29, 0.717) is 24.6 Å². The molecule has 0 radical (unpaired) electrons. The molecule has 172 valence electrons. The van der Waals surface area contributed by atoms with Gasteiger partial charge in [0.25, 0.3) is 5.91 Å². The van der Waals surface area contributed by atoms with Gasteiger partial charge in [-0.3, -0.25) is 4.79 Å². The lowest BCUT2D eigenvalue weighted by molar-refractivity contribution is 0.0951. The Morgan fingerprint density at radius 3 is 2.65 bits per heavy atom. The summed E-state index contributed by atoms with van der Waals surface area (Å²) < 4.78 is 0. The summed E-state index contributed by atoms with van der Waals surface area (Å²) in [6.07, 6.45) is 1.06. The normalized spacial score (nSPS) is 12.2. The highest BCUT2D eigenvalue weighted by Gasteiger charge is 2.08. The van der Waals surface area contributed by atoms with Crippen LogP contribution in [0.25, 0.3) is 0 Å². The molecule has 2 rings (SSSR count). The number of benzene rings is 1. The maximum absolute atomic E-state index is 12.3. The molecule has 1 amide bonds. The van der Waals surface area contributed by atoms with E-state index in [1.807, 2.05) is 43.3 Å². The number of amides is 1. The van der Waals surface area contributed by atoms with Gasteiger partial charge in [0.05, 0.1) is 6.54 Å². The van der Waals surface area contributed by atoms with Crippen LogP contribution in [-0.4, -0.2) is 57.0 Å². The second-order valence-electron chi connectivity index (χ2n) is 7.72. The lowest BCUT2D eigenvalue weighted by Crippen LogP contribution is -2.39. The van der Waals surface area contributed by atoms with Crippen LogP contribution in [0, 0.1) is 5.92 Å². The van der Waals surface area contributed by atoms with Crippen molar-refractivity contribution < 1.29 is 4.79 Å². The van der Waals surface area contributed by atoms with Gasteiger partial charge in [-0.15, -0.1) is 35.3 Å². The fraction of sp³-hybridized carbons (Fsp3) is 0.478. The second kappa shape index (κ2) is 15.2. The quantitative estimate of drug-likeness (QED) is 0.225. The number of likely N-dealkylation sites (N-methyl/N-ethyl adjacent to an activating group) is 1. The van der Waals surface area contributed by atoms with Gasteiger partial charge in [-0.25, -0.2) is 4.99 Å². The van der Waals surface area contributed by atoms with E-state index < -0.39 is 0 Å². The molecule has 1 heterocycles. The summed E-state index contributed by atoms with van der Waals surface area (Å²) in [6.45, 7) is 7.94. The summed E-state index contributed by atoms with van der Waals surface area (Å²) >= 11 is 1.80. The van der Waals surface area contributed by atoms with E-state index in [2.05, 4.69) is 47.3 Å². The predicted molar refractivity (Wildman–Crippen MR) is 143 cm³/mol. The Morgan fingerprint density at radius 2 is 1.97 bits per heavy atom. The monoisotopic (exact) mass is 557 g/mol. The van der Waals surface area contributed by atoms with Crippen LogP contribution >= 0.6 is 35.3 Å². The molecule has 0 aliphatic carbocycles. The van der Waals surface area contributed by atoms with Gasteiger partial charge in [-0.05, 0) is 62.5 Å². The minimum atomic E-state index is -0.0462. The molecule has 0 fully saturated rings. The number of guanidine groups is 1. The summed E-state index contributed by atoms with van der Waals surface area (Å²) in [6, 6.07) is 12.0. The minimum absolute atomic E-state index is 0. The molecule has 0 saturated carbocycles. The highest BCUT2D eigenvalue weighted by Crippen LogP contribution is 2.13. The topological polar surface area (TPSA) is 68.8 Å². The molecule has 31 heavy (non-hydrogen) atoms. The van der Waals surface area contributed by atoms with Crippen molar-refractivity contribution in [1.29, 1.82) is 0 Å². The Morgan fingerprint density at radius 1 is 1.16 bits per heavy atom. The number of aliphatic imine (C=N–C) groups is 1. The number of nitrogens with zero attached hydrogens (tertiary/aromatic N) is 2. The first-order valence-electron chi connectivity index (χ1n) is 10.5. The largest absolute Gasteiger partial charge is 0.357 e. The molecule has 1 atom stereocenters. The van der Waals surface area contributed by atoms with Crippen LogP contribution in [0.2, 0.25) is 0 Å². The van der Waals surface area contributed by atoms with Gasteiger partial charge < -0.3 is 20.9 Å². The van der Waals surface area contributed by atoms with Crippen LogP contribution in [0.5, 0.6) is 0 Å². The molecule has 0 spiro atoms. The molecule has 1 aromatic carbocycles. The average Bonchev–Trinajstić information content (AvgIpc) is 3.23. The zero-order valence-corrected chi connectivity index (χ0v) is 22.1. The Labute approximate surface area is 207 Å². The Hall–Kier alpha value is -1.65. The standard InChI is InChI=1S/C23H35N5OS.HI/c1-5-24-23(26-16-18(2)14-21-10-7-13-30-21)27-17-19-8-6-9-20(15-19)22(29)25-11-12-28(3)4;/h6-10,13,15,18H,5,11-12,14,16-17H2,1-4H3,(H,25,29)(H2,24,26,27);1H. The first kappa shape index (κ1) is 27.4. The fourth-order valence-electron chi connectivity index (χ4n) is 2.93. The highest BCUT2D eigenvalue weighted by atomic mass is 127. The number of hydrogen-bond acceptors (Lipinski definition) is 4. The van der Waals surface area contributed by atoms with Crippen molar-refractivity contribution in [3.63, 3.8) is 0 Å². The minimum Gasteiger partial charge on any atom is -0.357 e. The smallest absolute Gasteiger partial charge is 0.251 e. The van der Waals surface area contributed by atoms with E-state index >= 15 is 0 Å². The van der Waals surface area contributed by atoms with E-state index in [9.17, 15) is 4.79 Å². The predicted octanol–water partition coefficient (Wildman–Crippen LogP) is 3.59. The molecular weight excluding hydrogens is 521 g/mol. The van der Waals surface area contributed by atoms with E-state index in [1.54, 1.807) is 11.3 Å². The molecule has 6 nitrogen and oxygen atoms in total. The molecule has 1 unspecified atom stereocenters. The SMILES string of the molecule is CCNC(=NCc1cccc(C(=O)NCCN(C)C)c1)NCC(C)Cc1cccs1.I. The number of rotatable bonds is 11. The third-order valence-corrected chi connectivity index (χ3v) is 5.44. The number of hydrogen-bond donors (Lipinski definition) is 3.